The molecule has 0 saturated carbocycles. The summed E-state index contributed by atoms with van der Waals surface area (Å²) in [4.78, 5) is 19.6. The van der Waals surface area contributed by atoms with E-state index in [4.69, 9.17) is 16.3 Å². The van der Waals surface area contributed by atoms with Gasteiger partial charge in [-0.15, -0.1) is 0 Å². The van der Waals surface area contributed by atoms with Gasteiger partial charge in [-0.1, -0.05) is 23.7 Å². The van der Waals surface area contributed by atoms with Crippen molar-refractivity contribution >= 4 is 23.4 Å². The first kappa shape index (κ1) is 15.1. The first-order valence-electron chi connectivity index (χ1n) is 6.11. The maximum Gasteiger partial charge on any atom is 0.360 e. The average Bonchev–Trinajstić information content (AvgIpc) is 2.53. The molecule has 0 aliphatic heterocycles. The molecule has 1 N–H and O–H groups in total. The molecule has 0 radical (unpaired) electrons. The predicted octanol–water partition coefficient (Wildman–Crippen LogP) is 2.54. The zero-order valence-electron chi connectivity index (χ0n) is 11.6. The summed E-state index contributed by atoms with van der Waals surface area (Å²) in [6, 6.07) is 7.53. The Morgan fingerprint density at radius 2 is 2.00 bits per heavy atom. The number of carbonyl (C=O) groups excluding carboxylic acids is 1. The fraction of sp³-hybridized carbons (Fsp3) is 0.214. The molecule has 110 valence electrons. The summed E-state index contributed by atoms with van der Waals surface area (Å²) in [5, 5.41) is 3.17. The minimum absolute atomic E-state index is 0.0542. The largest absolute Gasteiger partial charge is 0.497 e. The van der Waals surface area contributed by atoms with Crippen LogP contribution < -0.4 is 10.1 Å². The molecule has 0 saturated heterocycles. The Kier molecular flexibility index (Phi) is 4.94. The van der Waals surface area contributed by atoms with Crippen LogP contribution in [0.25, 0.3) is 0 Å². The minimum Gasteiger partial charge on any atom is -0.497 e. The summed E-state index contributed by atoms with van der Waals surface area (Å²) < 4.78 is 9.75. The Hall–Kier alpha value is -2.34. The summed E-state index contributed by atoms with van der Waals surface area (Å²) in [6.45, 7) is 0.476. The Morgan fingerprint density at radius 1 is 1.29 bits per heavy atom. The number of benzene rings is 1. The van der Waals surface area contributed by atoms with Gasteiger partial charge in [-0.05, 0) is 17.7 Å². The molecule has 0 amide bonds. The maximum absolute atomic E-state index is 11.6. The van der Waals surface area contributed by atoms with E-state index >= 15 is 0 Å². The van der Waals surface area contributed by atoms with Gasteiger partial charge >= 0.3 is 5.97 Å². The highest BCUT2D eigenvalue weighted by Crippen LogP contribution is 2.16. The van der Waals surface area contributed by atoms with Crippen LogP contribution in [0, 0.1) is 0 Å². The lowest BCUT2D eigenvalue weighted by atomic mass is 10.2. The normalized spacial score (nSPS) is 10.0. The second-order valence-corrected chi connectivity index (χ2v) is 4.47. The van der Waals surface area contributed by atoms with Crippen LogP contribution in [0.15, 0.2) is 30.5 Å². The first-order valence-corrected chi connectivity index (χ1v) is 6.49. The van der Waals surface area contributed by atoms with Gasteiger partial charge in [0.25, 0.3) is 0 Å². The minimum atomic E-state index is -0.595. The van der Waals surface area contributed by atoms with Crippen LogP contribution in [0.4, 0.5) is 5.82 Å². The van der Waals surface area contributed by atoms with Gasteiger partial charge < -0.3 is 14.8 Å². The van der Waals surface area contributed by atoms with Gasteiger partial charge in [0.05, 0.1) is 20.4 Å². The molecule has 0 unspecified atom stereocenters. The topological polar surface area (TPSA) is 73.3 Å². The number of methoxy groups -OCH3 is 2. The SMILES string of the molecule is COC(=O)c1nc(Cl)cnc1NCc1ccc(OC)cc1. The van der Waals surface area contributed by atoms with Crippen molar-refractivity contribution in [2.45, 2.75) is 6.54 Å². The van der Waals surface area contributed by atoms with Crippen LogP contribution in [-0.2, 0) is 11.3 Å². The molecule has 0 fully saturated rings. The van der Waals surface area contributed by atoms with E-state index in [1.54, 1.807) is 7.11 Å². The van der Waals surface area contributed by atoms with Crippen molar-refractivity contribution in [3.05, 3.63) is 46.9 Å². The summed E-state index contributed by atoms with van der Waals surface area (Å²) in [6.07, 6.45) is 1.37. The van der Waals surface area contributed by atoms with E-state index in [1.165, 1.54) is 13.3 Å². The van der Waals surface area contributed by atoms with Crippen LogP contribution in [0.2, 0.25) is 5.15 Å². The smallest absolute Gasteiger partial charge is 0.360 e. The van der Waals surface area contributed by atoms with E-state index in [1.807, 2.05) is 24.3 Å². The van der Waals surface area contributed by atoms with Crippen molar-refractivity contribution in [3.63, 3.8) is 0 Å². The molecule has 2 aromatic rings. The van der Waals surface area contributed by atoms with Crippen molar-refractivity contribution in [3.8, 4) is 5.75 Å². The lowest BCUT2D eigenvalue weighted by molar-refractivity contribution is 0.0594. The molecular formula is C14H14ClN3O3. The van der Waals surface area contributed by atoms with E-state index in [9.17, 15) is 4.79 Å². The number of hydrogen-bond donors (Lipinski definition) is 1. The molecule has 7 heteroatoms. The quantitative estimate of drug-likeness (QED) is 0.856. The number of nitrogens with one attached hydrogen (secondary N) is 1. The number of carbonyl (C=O) groups is 1. The van der Waals surface area contributed by atoms with Crippen molar-refractivity contribution < 1.29 is 14.3 Å². The van der Waals surface area contributed by atoms with Crippen molar-refractivity contribution in [1.82, 2.24) is 9.97 Å². The van der Waals surface area contributed by atoms with E-state index in [-0.39, 0.29) is 10.8 Å². The number of aromatic nitrogens is 2. The van der Waals surface area contributed by atoms with E-state index in [0.717, 1.165) is 11.3 Å². The predicted molar refractivity (Wildman–Crippen MR) is 78.7 cm³/mol. The Balaban J connectivity index is 2.13. The molecule has 0 bridgehead atoms. The molecular weight excluding hydrogens is 294 g/mol. The van der Waals surface area contributed by atoms with Crippen molar-refractivity contribution in [2.24, 2.45) is 0 Å². The number of rotatable bonds is 5. The molecule has 1 aromatic heterocycles. The number of halogens is 1. The Bertz CT molecular complexity index is 632. The van der Waals surface area contributed by atoms with Crippen LogP contribution in [-0.4, -0.2) is 30.2 Å². The number of nitrogens with zero attached hydrogens (tertiary/aromatic N) is 2. The van der Waals surface area contributed by atoms with Crippen LogP contribution in [0.3, 0.4) is 0 Å². The molecule has 1 heterocycles. The molecule has 1 aromatic carbocycles. The average molecular weight is 308 g/mol. The standard InChI is InChI=1S/C14H14ClN3O3/c1-20-10-5-3-9(4-6-10)7-16-13-12(14(19)21-2)18-11(15)8-17-13/h3-6,8H,7H2,1-2H3,(H,16,17). The van der Waals surface area contributed by atoms with E-state index in [0.29, 0.717) is 12.4 Å². The molecule has 6 nitrogen and oxygen atoms in total. The van der Waals surface area contributed by atoms with Crippen LogP contribution in [0.1, 0.15) is 16.1 Å². The van der Waals surface area contributed by atoms with Gasteiger partial charge in [-0.2, -0.15) is 0 Å². The third kappa shape index (κ3) is 3.82. The van der Waals surface area contributed by atoms with Gasteiger partial charge in [0, 0.05) is 6.54 Å². The second kappa shape index (κ2) is 6.90. The number of esters is 1. The summed E-state index contributed by atoms with van der Waals surface area (Å²) in [7, 11) is 2.89. The monoisotopic (exact) mass is 307 g/mol. The van der Waals surface area contributed by atoms with Gasteiger partial charge in [-0.25, -0.2) is 14.8 Å². The van der Waals surface area contributed by atoms with Gasteiger partial charge in [0.2, 0.25) is 0 Å². The number of anilines is 1. The van der Waals surface area contributed by atoms with Crippen LogP contribution in [0.5, 0.6) is 5.75 Å². The highest BCUT2D eigenvalue weighted by molar-refractivity contribution is 6.29. The molecule has 0 aliphatic carbocycles. The zero-order valence-corrected chi connectivity index (χ0v) is 12.3. The maximum atomic E-state index is 11.6. The molecule has 21 heavy (non-hydrogen) atoms. The van der Waals surface area contributed by atoms with Gasteiger partial charge in [-0.3, -0.25) is 0 Å². The zero-order chi connectivity index (χ0) is 15.2. The Morgan fingerprint density at radius 3 is 2.62 bits per heavy atom. The van der Waals surface area contributed by atoms with E-state index in [2.05, 4.69) is 20.0 Å². The summed E-state index contributed by atoms with van der Waals surface area (Å²) in [5.41, 5.74) is 1.06. The van der Waals surface area contributed by atoms with E-state index < -0.39 is 5.97 Å². The Labute approximate surface area is 127 Å². The highest BCUT2D eigenvalue weighted by Gasteiger charge is 2.15. The molecule has 2 rings (SSSR count). The fourth-order valence-electron chi connectivity index (χ4n) is 1.67. The molecule has 0 atom stereocenters. The van der Waals surface area contributed by atoms with Crippen LogP contribution >= 0.6 is 11.6 Å². The highest BCUT2D eigenvalue weighted by atomic mass is 35.5. The van der Waals surface area contributed by atoms with Gasteiger partial charge in [0.15, 0.2) is 11.5 Å². The third-order valence-corrected chi connectivity index (χ3v) is 2.92. The summed E-state index contributed by atoms with van der Waals surface area (Å²) in [5.74, 6) is 0.504. The second-order valence-electron chi connectivity index (χ2n) is 4.08. The molecule has 0 aliphatic rings. The fourth-order valence-corrected chi connectivity index (χ4v) is 1.80. The third-order valence-electron chi connectivity index (χ3n) is 2.74. The van der Waals surface area contributed by atoms with Gasteiger partial charge in [0.1, 0.15) is 10.9 Å². The number of hydrogen-bond acceptors (Lipinski definition) is 6. The molecule has 0 spiro atoms. The summed E-state index contributed by atoms with van der Waals surface area (Å²) >= 11 is 5.75. The lowest BCUT2D eigenvalue weighted by Gasteiger charge is -2.09. The van der Waals surface area contributed by atoms with Crippen molar-refractivity contribution in [1.29, 1.82) is 0 Å². The van der Waals surface area contributed by atoms with Crippen molar-refractivity contribution in [2.75, 3.05) is 19.5 Å². The number of ether oxygens (including phenoxy) is 2. The first-order chi connectivity index (χ1) is 10.1. The lowest BCUT2D eigenvalue weighted by Crippen LogP contribution is -2.12.